The summed E-state index contributed by atoms with van der Waals surface area (Å²) in [5.74, 6) is 0.785. The number of esters is 1. The van der Waals surface area contributed by atoms with Crippen LogP contribution in [0.4, 0.5) is 0 Å². The lowest BCUT2D eigenvalue weighted by Gasteiger charge is -2.49. The first-order valence-corrected chi connectivity index (χ1v) is 7.01. The van der Waals surface area contributed by atoms with Crippen LogP contribution >= 0.6 is 11.8 Å². The minimum atomic E-state index is -0.805. The number of thioether (sulfide) groups is 1. The Bertz CT molecular complexity index is 334. The predicted octanol–water partition coefficient (Wildman–Crippen LogP) is 2.58. The second-order valence-corrected chi connectivity index (χ2v) is 6.44. The summed E-state index contributed by atoms with van der Waals surface area (Å²) < 4.78 is 16.7. The van der Waals surface area contributed by atoms with Crippen molar-refractivity contribution in [2.24, 2.45) is 5.41 Å². The second-order valence-electron chi connectivity index (χ2n) is 5.51. The molecule has 0 aromatic rings. The lowest BCUT2D eigenvalue weighted by atomic mass is 9.76. The van der Waals surface area contributed by atoms with E-state index in [0.29, 0.717) is 17.3 Å². The van der Waals surface area contributed by atoms with Crippen LogP contribution < -0.4 is 0 Å². The normalized spacial score (nSPS) is 28.8. The third-order valence-corrected chi connectivity index (χ3v) is 4.04. The van der Waals surface area contributed by atoms with Crippen LogP contribution in [0.1, 0.15) is 27.7 Å². The smallest absolute Gasteiger partial charge is 0.333 e. The molecule has 1 aliphatic heterocycles. The van der Waals surface area contributed by atoms with E-state index in [-0.39, 0.29) is 5.41 Å². The first kappa shape index (κ1) is 15.5. The van der Waals surface area contributed by atoms with Crippen LogP contribution in [0, 0.1) is 5.41 Å². The molecule has 0 aromatic heterocycles. The van der Waals surface area contributed by atoms with Gasteiger partial charge in [-0.2, -0.15) is 0 Å². The van der Waals surface area contributed by atoms with Crippen LogP contribution in [-0.2, 0) is 19.0 Å². The van der Waals surface area contributed by atoms with Crippen molar-refractivity contribution in [1.29, 1.82) is 0 Å². The number of rotatable bonds is 3. The first-order chi connectivity index (χ1) is 8.24. The molecule has 0 bridgehead atoms. The minimum Gasteiger partial charge on any atom is -0.449 e. The van der Waals surface area contributed by atoms with Crippen LogP contribution in [0.2, 0.25) is 0 Å². The SMILES string of the molecule is C=C(C)C(=O)OC1(C(C)(C)C)CSCOC1OC. The number of hydrogen-bond donors (Lipinski definition) is 0. The zero-order valence-electron chi connectivity index (χ0n) is 11.7. The molecular formula is C13H22O4S. The zero-order chi connectivity index (χ0) is 14.0. The summed E-state index contributed by atoms with van der Waals surface area (Å²) in [5, 5.41) is 0. The van der Waals surface area contributed by atoms with Crippen LogP contribution in [-0.4, -0.2) is 36.7 Å². The highest BCUT2D eigenvalue weighted by Gasteiger charge is 2.55. The van der Waals surface area contributed by atoms with Crippen LogP contribution in [0.3, 0.4) is 0 Å². The van der Waals surface area contributed by atoms with E-state index in [1.54, 1.807) is 25.8 Å². The van der Waals surface area contributed by atoms with Gasteiger partial charge in [-0.1, -0.05) is 27.4 Å². The Kier molecular flexibility index (Phi) is 4.86. The highest BCUT2D eigenvalue weighted by Crippen LogP contribution is 2.44. The van der Waals surface area contributed by atoms with Gasteiger partial charge in [-0.3, -0.25) is 0 Å². The molecule has 1 saturated heterocycles. The van der Waals surface area contributed by atoms with E-state index in [9.17, 15) is 4.79 Å². The van der Waals surface area contributed by atoms with Gasteiger partial charge in [0.25, 0.3) is 0 Å². The lowest BCUT2D eigenvalue weighted by molar-refractivity contribution is -0.258. The molecule has 1 heterocycles. The maximum atomic E-state index is 11.9. The van der Waals surface area contributed by atoms with Crippen molar-refractivity contribution in [2.75, 3.05) is 18.8 Å². The number of methoxy groups -OCH3 is 1. The standard InChI is InChI=1S/C13H22O4S/c1-9(2)10(14)17-13(12(3,4)5)7-18-8-16-11(13)15-6/h11H,1,7-8H2,2-6H3. The number of carbonyl (C=O) groups is 1. The van der Waals surface area contributed by atoms with E-state index in [4.69, 9.17) is 14.2 Å². The molecule has 0 aromatic carbocycles. The molecule has 104 valence electrons. The van der Waals surface area contributed by atoms with Crippen LogP contribution in [0.25, 0.3) is 0 Å². The summed E-state index contributed by atoms with van der Waals surface area (Å²) >= 11 is 1.59. The molecule has 0 amide bonds. The lowest BCUT2D eigenvalue weighted by Crippen LogP contribution is -2.61. The largest absolute Gasteiger partial charge is 0.449 e. The van der Waals surface area contributed by atoms with E-state index in [1.165, 1.54) is 0 Å². The van der Waals surface area contributed by atoms with Gasteiger partial charge in [0.15, 0.2) is 11.9 Å². The van der Waals surface area contributed by atoms with Gasteiger partial charge in [-0.25, -0.2) is 4.79 Å². The fraction of sp³-hybridized carbons (Fsp3) is 0.769. The van der Waals surface area contributed by atoms with Gasteiger partial charge in [-0.05, 0) is 6.92 Å². The summed E-state index contributed by atoms with van der Waals surface area (Å²) in [6.07, 6.45) is -0.554. The molecule has 18 heavy (non-hydrogen) atoms. The maximum Gasteiger partial charge on any atom is 0.333 e. The fourth-order valence-electron chi connectivity index (χ4n) is 1.82. The van der Waals surface area contributed by atoms with E-state index in [0.717, 1.165) is 0 Å². The molecule has 0 radical (unpaired) electrons. The summed E-state index contributed by atoms with van der Waals surface area (Å²) in [6, 6.07) is 0. The highest BCUT2D eigenvalue weighted by atomic mass is 32.2. The molecule has 2 unspecified atom stereocenters. The average Bonchev–Trinajstić information content (AvgIpc) is 2.27. The second kappa shape index (κ2) is 5.63. The van der Waals surface area contributed by atoms with Gasteiger partial charge in [0, 0.05) is 23.9 Å². The monoisotopic (exact) mass is 274 g/mol. The minimum absolute atomic E-state index is 0.299. The fourth-order valence-corrected chi connectivity index (χ4v) is 3.05. The molecule has 1 fully saturated rings. The quantitative estimate of drug-likeness (QED) is 0.584. The van der Waals surface area contributed by atoms with E-state index >= 15 is 0 Å². The highest BCUT2D eigenvalue weighted by molar-refractivity contribution is 7.99. The van der Waals surface area contributed by atoms with E-state index in [2.05, 4.69) is 6.58 Å². The molecule has 1 rings (SSSR count). The predicted molar refractivity (Wildman–Crippen MR) is 72.3 cm³/mol. The Morgan fingerprint density at radius 2 is 2.11 bits per heavy atom. The van der Waals surface area contributed by atoms with Crippen molar-refractivity contribution in [3.8, 4) is 0 Å². The van der Waals surface area contributed by atoms with Crippen molar-refractivity contribution in [3.05, 3.63) is 12.2 Å². The van der Waals surface area contributed by atoms with Crippen molar-refractivity contribution in [2.45, 2.75) is 39.6 Å². The summed E-state index contributed by atoms with van der Waals surface area (Å²) in [6.45, 7) is 11.3. The Hall–Kier alpha value is -0.520. The van der Waals surface area contributed by atoms with E-state index < -0.39 is 17.9 Å². The Balaban J connectivity index is 3.08. The number of ether oxygens (including phenoxy) is 3. The third-order valence-electron chi connectivity index (χ3n) is 3.11. The van der Waals surface area contributed by atoms with Crippen LogP contribution in [0.5, 0.6) is 0 Å². The van der Waals surface area contributed by atoms with Gasteiger partial charge in [0.1, 0.15) is 0 Å². The number of carbonyl (C=O) groups excluding carboxylic acids is 1. The van der Waals surface area contributed by atoms with Gasteiger partial charge >= 0.3 is 5.97 Å². The summed E-state index contributed by atoms with van der Waals surface area (Å²) in [4.78, 5) is 11.9. The third kappa shape index (κ3) is 2.90. The summed E-state index contributed by atoms with van der Waals surface area (Å²) in [5.41, 5.74) is -0.726. The number of hydrogen-bond acceptors (Lipinski definition) is 5. The molecular weight excluding hydrogens is 252 g/mol. The molecule has 0 N–H and O–H groups in total. The maximum absolute atomic E-state index is 11.9. The molecule has 0 saturated carbocycles. The molecule has 4 nitrogen and oxygen atoms in total. The Morgan fingerprint density at radius 1 is 1.50 bits per heavy atom. The van der Waals surface area contributed by atoms with Crippen molar-refractivity contribution in [1.82, 2.24) is 0 Å². The molecule has 2 atom stereocenters. The summed E-state index contributed by atoms with van der Waals surface area (Å²) in [7, 11) is 1.57. The Labute approximate surface area is 113 Å². The van der Waals surface area contributed by atoms with Gasteiger partial charge in [0.2, 0.25) is 0 Å². The molecule has 0 aliphatic carbocycles. The average molecular weight is 274 g/mol. The molecule has 1 aliphatic rings. The molecule has 5 heteroatoms. The van der Waals surface area contributed by atoms with Gasteiger partial charge in [0.05, 0.1) is 5.94 Å². The van der Waals surface area contributed by atoms with Crippen molar-refractivity contribution < 1.29 is 19.0 Å². The first-order valence-electron chi connectivity index (χ1n) is 5.85. The Morgan fingerprint density at radius 3 is 2.56 bits per heavy atom. The van der Waals surface area contributed by atoms with Gasteiger partial charge < -0.3 is 14.2 Å². The topological polar surface area (TPSA) is 44.8 Å². The zero-order valence-corrected chi connectivity index (χ0v) is 12.6. The van der Waals surface area contributed by atoms with Crippen LogP contribution in [0.15, 0.2) is 12.2 Å². The van der Waals surface area contributed by atoms with E-state index in [1.807, 2.05) is 20.8 Å². The van der Waals surface area contributed by atoms with Crippen molar-refractivity contribution in [3.63, 3.8) is 0 Å². The van der Waals surface area contributed by atoms with Crippen molar-refractivity contribution >= 4 is 17.7 Å². The molecule has 0 spiro atoms. The van der Waals surface area contributed by atoms with Gasteiger partial charge in [-0.15, -0.1) is 11.8 Å².